The highest BCUT2D eigenvalue weighted by molar-refractivity contribution is 5.88. The van der Waals surface area contributed by atoms with Gasteiger partial charge >= 0.3 is 5.97 Å². The molecule has 0 aliphatic carbocycles. The molecule has 0 unspecified atom stereocenters. The summed E-state index contributed by atoms with van der Waals surface area (Å²) in [4.78, 5) is 10.9. The molecule has 90 valence electrons. The topological polar surface area (TPSA) is 35.5 Å². The van der Waals surface area contributed by atoms with Gasteiger partial charge in [-0.2, -0.15) is 0 Å². The van der Waals surface area contributed by atoms with Crippen LogP contribution in [0.3, 0.4) is 0 Å². The summed E-state index contributed by atoms with van der Waals surface area (Å²) in [6, 6.07) is 9.92. The van der Waals surface area contributed by atoms with Crippen molar-refractivity contribution < 1.29 is 14.3 Å². The van der Waals surface area contributed by atoms with Crippen LogP contribution in [-0.2, 0) is 20.9 Å². The van der Waals surface area contributed by atoms with Crippen LogP contribution >= 0.6 is 0 Å². The standard InChI is InChI=1S/C14H16O3/c1-2-17-14(15)10-6-7-11-16-12-13-8-4-3-5-9-13/h3-5,8-9H,2,7,11-12H2,1H3. The predicted molar refractivity (Wildman–Crippen MR) is 65.1 cm³/mol. The Hall–Kier alpha value is -1.79. The van der Waals surface area contributed by atoms with Gasteiger partial charge in [0.15, 0.2) is 0 Å². The van der Waals surface area contributed by atoms with Gasteiger partial charge < -0.3 is 9.47 Å². The summed E-state index contributed by atoms with van der Waals surface area (Å²) in [7, 11) is 0. The molecule has 1 rings (SSSR count). The van der Waals surface area contributed by atoms with Crippen molar-refractivity contribution in [3.05, 3.63) is 35.9 Å². The van der Waals surface area contributed by atoms with E-state index in [1.54, 1.807) is 6.92 Å². The van der Waals surface area contributed by atoms with Crippen molar-refractivity contribution in [3.8, 4) is 11.8 Å². The first-order valence-electron chi connectivity index (χ1n) is 5.60. The highest BCUT2D eigenvalue weighted by atomic mass is 16.5. The zero-order chi connectivity index (χ0) is 12.3. The third-order valence-electron chi connectivity index (χ3n) is 1.95. The molecule has 3 nitrogen and oxygen atoms in total. The molecule has 0 atom stereocenters. The molecule has 0 saturated heterocycles. The maximum atomic E-state index is 10.9. The zero-order valence-electron chi connectivity index (χ0n) is 9.94. The lowest BCUT2D eigenvalue weighted by Crippen LogP contribution is -2.00. The third-order valence-corrected chi connectivity index (χ3v) is 1.95. The molecule has 0 aliphatic heterocycles. The fraction of sp³-hybridized carbons (Fsp3) is 0.357. The fourth-order valence-corrected chi connectivity index (χ4v) is 1.19. The van der Waals surface area contributed by atoms with E-state index in [9.17, 15) is 4.79 Å². The monoisotopic (exact) mass is 232 g/mol. The van der Waals surface area contributed by atoms with Crippen LogP contribution in [0, 0.1) is 11.8 Å². The lowest BCUT2D eigenvalue weighted by Gasteiger charge is -2.00. The van der Waals surface area contributed by atoms with Crippen molar-refractivity contribution in [3.63, 3.8) is 0 Å². The minimum absolute atomic E-state index is 0.359. The lowest BCUT2D eigenvalue weighted by molar-refractivity contribution is -0.136. The summed E-state index contributed by atoms with van der Waals surface area (Å²) in [5.74, 6) is 4.62. The van der Waals surface area contributed by atoms with E-state index in [1.807, 2.05) is 30.3 Å². The molecule has 0 amide bonds. The number of rotatable bonds is 5. The Kier molecular flexibility index (Phi) is 6.54. The van der Waals surface area contributed by atoms with Crippen LogP contribution in [0.25, 0.3) is 0 Å². The lowest BCUT2D eigenvalue weighted by atomic mass is 10.2. The normalized spacial score (nSPS) is 9.24. The molecule has 17 heavy (non-hydrogen) atoms. The largest absolute Gasteiger partial charge is 0.456 e. The van der Waals surface area contributed by atoms with Crippen LogP contribution in [0.15, 0.2) is 30.3 Å². The SMILES string of the molecule is CCOC(=O)C#CCCOCc1ccccc1. The molecule has 0 saturated carbocycles. The Balaban J connectivity index is 2.11. The molecule has 0 heterocycles. The molecule has 0 radical (unpaired) electrons. The van der Waals surface area contributed by atoms with Crippen LogP contribution in [0.1, 0.15) is 18.9 Å². The van der Waals surface area contributed by atoms with Crippen molar-refractivity contribution in [1.82, 2.24) is 0 Å². The summed E-state index contributed by atoms with van der Waals surface area (Å²) in [6.07, 6.45) is 0.533. The van der Waals surface area contributed by atoms with Gasteiger partial charge in [-0.1, -0.05) is 36.3 Å². The van der Waals surface area contributed by atoms with Crippen LogP contribution in [0.4, 0.5) is 0 Å². The molecule has 1 aromatic rings. The minimum atomic E-state index is -0.476. The molecule has 1 aromatic carbocycles. The molecular formula is C14H16O3. The molecule has 3 heteroatoms. The van der Waals surface area contributed by atoms with Crippen molar-refractivity contribution in [2.24, 2.45) is 0 Å². The van der Waals surface area contributed by atoms with Crippen molar-refractivity contribution in [2.45, 2.75) is 20.0 Å². The Morgan fingerprint density at radius 2 is 2.06 bits per heavy atom. The van der Waals surface area contributed by atoms with E-state index >= 15 is 0 Å². The van der Waals surface area contributed by atoms with Crippen molar-refractivity contribution in [1.29, 1.82) is 0 Å². The van der Waals surface area contributed by atoms with Gasteiger partial charge in [0.2, 0.25) is 0 Å². The first kappa shape index (κ1) is 13.3. The van der Waals surface area contributed by atoms with Gasteiger partial charge in [0.1, 0.15) is 0 Å². The van der Waals surface area contributed by atoms with Crippen molar-refractivity contribution >= 4 is 5.97 Å². The highest BCUT2D eigenvalue weighted by Crippen LogP contribution is 2.00. The summed E-state index contributed by atoms with van der Waals surface area (Å²) in [5.41, 5.74) is 1.13. The van der Waals surface area contributed by atoms with Gasteiger partial charge in [0.05, 0.1) is 19.8 Å². The Labute approximate surface area is 102 Å². The predicted octanol–water partition coefficient (Wildman–Crippen LogP) is 2.16. The molecule has 0 fully saturated rings. The van der Waals surface area contributed by atoms with Crippen LogP contribution < -0.4 is 0 Å². The van der Waals surface area contributed by atoms with E-state index < -0.39 is 5.97 Å². The first-order valence-corrected chi connectivity index (χ1v) is 5.60. The number of carbonyl (C=O) groups excluding carboxylic acids is 1. The highest BCUT2D eigenvalue weighted by Gasteiger charge is 1.92. The van der Waals surface area contributed by atoms with E-state index in [-0.39, 0.29) is 0 Å². The van der Waals surface area contributed by atoms with Crippen molar-refractivity contribution in [2.75, 3.05) is 13.2 Å². The van der Waals surface area contributed by atoms with Crippen LogP contribution in [0.2, 0.25) is 0 Å². The summed E-state index contributed by atoms with van der Waals surface area (Å²) >= 11 is 0. The van der Waals surface area contributed by atoms with E-state index in [0.29, 0.717) is 26.2 Å². The van der Waals surface area contributed by atoms with Gasteiger partial charge in [-0.05, 0) is 12.5 Å². The number of esters is 1. The number of benzene rings is 1. The Morgan fingerprint density at radius 1 is 1.29 bits per heavy atom. The zero-order valence-corrected chi connectivity index (χ0v) is 9.94. The van der Waals surface area contributed by atoms with Gasteiger partial charge in [-0.3, -0.25) is 0 Å². The van der Waals surface area contributed by atoms with Gasteiger partial charge in [0.25, 0.3) is 0 Å². The third kappa shape index (κ3) is 6.39. The smallest absolute Gasteiger partial charge is 0.384 e. The van der Waals surface area contributed by atoms with E-state index in [0.717, 1.165) is 5.56 Å². The van der Waals surface area contributed by atoms with Gasteiger partial charge in [-0.15, -0.1) is 0 Å². The molecular weight excluding hydrogens is 216 g/mol. The molecule has 0 N–H and O–H groups in total. The maximum Gasteiger partial charge on any atom is 0.384 e. The Bertz CT molecular complexity index is 387. The summed E-state index contributed by atoms with van der Waals surface area (Å²) < 4.78 is 10.1. The number of hydrogen-bond acceptors (Lipinski definition) is 3. The average Bonchev–Trinajstić information content (AvgIpc) is 2.35. The quantitative estimate of drug-likeness (QED) is 0.338. The molecule has 0 bridgehead atoms. The summed E-state index contributed by atoms with van der Waals surface area (Å²) in [6.45, 7) is 3.20. The maximum absolute atomic E-state index is 10.9. The second-order valence-electron chi connectivity index (χ2n) is 3.31. The van der Waals surface area contributed by atoms with Gasteiger partial charge in [-0.25, -0.2) is 4.79 Å². The summed E-state index contributed by atoms with van der Waals surface area (Å²) in [5, 5.41) is 0. The first-order chi connectivity index (χ1) is 8.33. The number of ether oxygens (including phenoxy) is 2. The van der Waals surface area contributed by atoms with Gasteiger partial charge in [0, 0.05) is 12.3 Å². The fourth-order valence-electron chi connectivity index (χ4n) is 1.19. The van der Waals surface area contributed by atoms with E-state index in [4.69, 9.17) is 4.74 Å². The van der Waals surface area contributed by atoms with E-state index in [1.165, 1.54) is 0 Å². The van der Waals surface area contributed by atoms with E-state index in [2.05, 4.69) is 16.6 Å². The minimum Gasteiger partial charge on any atom is -0.456 e. The second kappa shape index (κ2) is 8.37. The molecule has 0 spiro atoms. The van der Waals surface area contributed by atoms with Crippen LogP contribution in [0.5, 0.6) is 0 Å². The molecule has 0 aromatic heterocycles. The number of carbonyl (C=O) groups is 1. The average molecular weight is 232 g/mol. The Morgan fingerprint density at radius 3 is 2.76 bits per heavy atom. The second-order valence-corrected chi connectivity index (χ2v) is 3.31. The van der Waals surface area contributed by atoms with Crippen LogP contribution in [-0.4, -0.2) is 19.2 Å². The number of hydrogen-bond donors (Lipinski definition) is 0. The molecule has 0 aliphatic rings.